The molecular formula is C16H20N4O. The molecule has 0 saturated carbocycles. The van der Waals surface area contributed by atoms with Gasteiger partial charge in [0.1, 0.15) is 0 Å². The minimum atomic E-state index is -0.130. The maximum Gasteiger partial charge on any atom is 0.244 e. The molecule has 5 nitrogen and oxygen atoms in total. The van der Waals surface area contributed by atoms with Gasteiger partial charge in [0.2, 0.25) is 5.91 Å². The van der Waals surface area contributed by atoms with E-state index in [0.29, 0.717) is 12.2 Å². The van der Waals surface area contributed by atoms with Crippen molar-refractivity contribution in [2.24, 2.45) is 7.05 Å². The number of nitrogens with zero attached hydrogens (tertiary/aromatic N) is 2. The number of rotatable bonds is 4. The van der Waals surface area contributed by atoms with Crippen LogP contribution in [0.15, 0.2) is 30.3 Å². The van der Waals surface area contributed by atoms with Crippen LogP contribution >= 0.6 is 0 Å². The summed E-state index contributed by atoms with van der Waals surface area (Å²) in [6, 6.07) is 7.35. The fourth-order valence-electron chi connectivity index (χ4n) is 2.09. The number of carbonyl (C=O) groups is 1. The Hall–Kier alpha value is -2.56. The van der Waals surface area contributed by atoms with Gasteiger partial charge >= 0.3 is 0 Å². The number of nitrogens with one attached hydrogen (secondary N) is 1. The van der Waals surface area contributed by atoms with E-state index < -0.39 is 0 Å². The lowest BCUT2D eigenvalue weighted by Crippen LogP contribution is -2.21. The summed E-state index contributed by atoms with van der Waals surface area (Å²) in [5.74, 6) is -0.130. The first kappa shape index (κ1) is 14.8. The Balaban J connectivity index is 1.94. The van der Waals surface area contributed by atoms with Crippen LogP contribution in [0, 0.1) is 13.8 Å². The van der Waals surface area contributed by atoms with Crippen LogP contribution in [0.5, 0.6) is 0 Å². The highest BCUT2D eigenvalue weighted by molar-refractivity contribution is 5.91. The van der Waals surface area contributed by atoms with Gasteiger partial charge in [0.15, 0.2) is 0 Å². The molecule has 2 rings (SSSR count). The molecule has 0 fully saturated rings. The van der Waals surface area contributed by atoms with Crippen molar-refractivity contribution in [3.8, 4) is 0 Å². The SMILES string of the molecule is Cc1nn(C)c(C)c1CNC(=O)/C=C/c1ccc(N)cc1. The molecule has 0 radical (unpaired) electrons. The third-order valence-corrected chi connectivity index (χ3v) is 3.46. The first-order valence-corrected chi connectivity index (χ1v) is 6.78. The average Bonchev–Trinajstić information content (AvgIpc) is 2.69. The number of aromatic nitrogens is 2. The van der Waals surface area contributed by atoms with Crippen molar-refractivity contribution in [1.29, 1.82) is 0 Å². The summed E-state index contributed by atoms with van der Waals surface area (Å²) in [6.45, 7) is 4.42. The predicted molar refractivity (Wildman–Crippen MR) is 84.4 cm³/mol. The highest BCUT2D eigenvalue weighted by Crippen LogP contribution is 2.11. The van der Waals surface area contributed by atoms with Crippen LogP contribution in [0.1, 0.15) is 22.5 Å². The monoisotopic (exact) mass is 284 g/mol. The van der Waals surface area contributed by atoms with E-state index in [0.717, 1.165) is 22.5 Å². The zero-order chi connectivity index (χ0) is 15.4. The molecular weight excluding hydrogens is 264 g/mol. The van der Waals surface area contributed by atoms with E-state index in [2.05, 4.69) is 10.4 Å². The first-order valence-electron chi connectivity index (χ1n) is 6.78. The maximum absolute atomic E-state index is 11.8. The molecule has 1 heterocycles. The van der Waals surface area contributed by atoms with E-state index in [-0.39, 0.29) is 5.91 Å². The topological polar surface area (TPSA) is 72.9 Å². The summed E-state index contributed by atoms with van der Waals surface area (Å²) in [6.07, 6.45) is 3.28. The Morgan fingerprint density at radius 3 is 2.57 bits per heavy atom. The van der Waals surface area contributed by atoms with Crippen LogP contribution in [0.25, 0.3) is 6.08 Å². The number of amides is 1. The van der Waals surface area contributed by atoms with Crippen molar-refractivity contribution in [1.82, 2.24) is 15.1 Å². The van der Waals surface area contributed by atoms with Gasteiger partial charge in [-0.15, -0.1) is 0 Å². The molecule has 1 aromatic heterocycles. The number of hydrogen-bond acceptors (Lipinski definition) is 3. The number of nitrogen functional groups attached to an aromatic ring is 1. The Morgan fingerprint density at radius 2 is 2.00 bits per heavy atom. The van der Waals surface area contributed by atoms with Gasteiger partial charge in [-0.05, 0) is 37.6 Å². The van der Waals surface area contributed by atoms with Crippen molar-refractivity contribution in [2.45, 2.75) is 20.4 Å². The van der Waals surface area contributed by atoms with E-state index in [9.17, 15) is 4.79 Å². The number of aryl methyl sites for hydroxylation is 2. The molecule has 0 aliphatic rings. The first-order chi connectivity index (χ1) is 9.97. The Labute approximate surface area is 124 Å². The summed E-state index contributed by atoms with van der Waals surface area (Å²) >= 11 is 0. The largest absolute Gasteiger partial charge is 0.399 e. The lowest BCUT2D eigenvalue weighted by Gasteiger charge is -2.03. The van der Waals surface area contributed by atoms with Crippen LogP contribution in [-0.4, -0.2) is 15.7 Å². The summed E-state index contributed by atoms with van der Waals surface area (Å²) in [7, 11) is 1.90. The summed E-state index contributed by atoms with van der Waals surface area (Å²) < 4.78 is 1.82. The molecule has 3 N–H and O–H groups in total. The second-order valence-electron chi connectivity index (χ2n) is 4.99. The third kappa shape index (κ3) is 3.72. The second-order valence-corrected chi connectivity index (χ2v) is 4.99. The standard InChI is InChI=1S/C16H20N4O/c1-11-15(12(2)20(3)19-11)10-18-16(21)9-6-13-4-7-14(17)8-5-13/h4-9H,10,17H2,1-3H3,(H,18,21)/b9-6+. The van der Waals surface area contributed by atoms with Crippen LogP contribution in [0.2, 0.25) is 0 Å². The maximum atomic E-state index is 11.8. The molecule has 0 saturated heterocycles. The molecule has 1 amide bonds. The molecule has 0 bridgehead atoms. The molecule has 0 spiro atoms. The number of carbonyl (C=O) groups excluding carboxylic acids is 1. The smallest absolute Gasteiger partial charge is 0.244 e. The van der Waals surface area contributed by atoms with Crippen LogP contribution in [0.4, 0.5) is 5.69 Å². The van der Waals surface area contributed by atoms with Crippen LogP contribution in [-0.2, 0) is 18.4 Å². The van der Waals surface area contributed by atoms with Gasteiger partial charge in [-0.2, -0.15) is 5.10 Å². The number of hydrogen-bond donors (Lipinski definition) is 2. The van der Waals surface area contributed by atoms with Gasteiger partial charge in [-0.25, -0.2) is 0 Å². The highest BCUT2D eigenvalue weighted by atomic mass is 16.1. The van der Waals surface area contributed by atoms with Crippen molar-refractivity contribution >= 4 is 17.7 Å². The predicted octanol–water partition coefficient (Wildman–Crippen LogP) is 1.95. The summed E-state index contributed by atoms with van der Waals surface area (Å²) in [4.78, 5) is 11.8. The van der Waals surface area contributed by atoms with Gasteiger partial charge in [0.25, 0.3) is 0 Å². The Morgan fingerprint density at radius 1 is 1.33 bits per heavy atom. The lowest BCUT2D eigenvalue weighted by molar-refractivity contribution is -0.116. The molecule has 5 heteroatoms. The molecule has 21 heavy (non-hydrogen) atoms. The lowest BCUT2D eigenvalue weighted by atomic mass is 10.2. The molecule has 0 aliphatic carbocycles. The van der Waals surface area contributed by atoms with Crippen molar-refractivity contribution in [3.63, 3.8) is 0 Å². The van der Waals surface area contributed by atoms with Crippen LogP contribution in [0.3, 0.4) is 0 Å². The molecule has 110 valence electrons. The van der Waals surface area contributed by atoms with Gasteiger partial charge < -0.3 is 11.1 Å². The van der Waals surface area contributed by atoms with Gasteiger partial charge in [-0.3, -0.25) is 9.48 Å². The zero-order valence-electron chi connectivity index (χ0n) is 12.6. The van der Waals surface area contributed by atoms with Crippen molar-refractivity contribution in [3.05, 3.63) is 52.9 Å². The summed E-state index contributed by atoms with van der Waals surface area (Å²) in [5.41, 5.74) is 10.3. The summed E-state index contributed by atoms with van der Waals surface area (Å²) in [5, 5.41) is 7.20. The second kappa shape index (κ2) is 6.26. The highest BCUT2D eigenvalue weighted by Gasteiger charge is 2.09. The fourth-order valence-corrected chi connectivity index (χ4v) is 2.09. The molecule has 2 aromatic rings. The fraction of sp³-hybridized carbons (Fsp3) is 0.250. The van der Waals surface area contributed by atoms with E-state index in [1.807, 2.05) is 37.7 Å². The molecule has 0 atom stereocenters. The average molecular weight is 284 g/mol. The van der Waals surface area contributed by atoms with E-state index >= 15 is 0 Å². The number of benzene rings is 1. The molecule has 1 aromatic carbocycles. The minimum Gasteiger partial charge on any atom is -0.399 e. The zero-order valence-corrected chi connectivity index (χ0v) is 12.6. The number of nitrogens with two attached hydrogens (primary N) is 1. The normalized spacial score (nSPS) is 11.0. The van der Waals surface area contributed by atoms with E-state index in [1.165, 1.54) is 6.08 Å². The third-order valence-electron chi connectivity index (χ3n) is 3.46. The van der Waals surface area contributed by atoms with E-state index in [4.69, 9.17) is 5.73 Å². The Kier molecular flexibility index (Phi) is 4.42. The van der Waals surface area contributed by atoms with Crippen molar-refractivity contribution in [2.75, 3.05) is 5.73 Å². The van der Waals surface area contributed by atoms with Crippen LogP contribution < -0.4 is 11.1 Å². The van der Waals surface area contributed by atoms with Gasteiger partial charge in [-0.1, -0.05) is 12.1 Å². The van der Waals surface area contributed by atoms with Gasteiger partial charge in [0.05, 0.1) is 5.69 Å². The number of anilines is 1. The Bertz CT molecular complexity index is 668. The molecule has 0 unspecified atom stereocenters. The quantitative estimate of drug-likeness (QED) is 0.666. The van der Waals surface area contributed by atoms with Gasteiger partial charge in [0, 0.05) is 36.6 Å². The van der Waals surface area contributed by atoms with Crippen molar-refractivity contribution < 1.29 is 4.79 Å². The minimum absolute atomic E-state index is 0.130. The molecule has 0 aliphatic heterocycles. The van der Waals surface area contributed by atoms with E-state index in [1.54, 1.807) is 18.2 Å².